The molecule has 1 fully saturated rings. The molecular formula is C7H9NO2. The molecule has 3 heteroatoms. The first-order valence-corrected chi connectivity index (χ1v) is 3.59. The number of fused-ring (bicyclic) bond motifs is 2. The van der Waals surface area contributed by atoms with E-state index in [4.69, 9.17) is 0 Å². The highest BCUT2D eigenvalue weighted by Gasteiger charge is 2.42. The van der Waals surface area contributed by atoms with Crippen LogP contribution in [-0.2, 0) is 0 Å². The van der Waals surface area contributed by atoms with Gasteiger partial charge in [0.05, 0.1) is 0 Å². The fourth-order valence-corrected chi connectivity index (χ4v) is 1.99. The maximum Gasteiger partial charge on any atom is 0.219 e. The van der Waals surface area contributed by atoms with Crippen molar-refractivity contribution in [3.05, 3.63) is 22.3 Å². The lowest BCUT2D eigenvalue weighted by Gasteiger charge is -2.08. The number of hydrogen-bond donors (Lipinski definition) is 0. The fourth-order valence-electron chi connectivity index (χ4n) is 1.99. The summed E-state index contributed by atoms with van der Waals surface area (Å²) in [5.41, 5.74) is 0. The standard InChI is InChI=1S/C7H9NO2/c9-8(10)7-4-5-1-2-6(7)3-5/h1-2,5-7H,3-4H2/t5-,6+,7?/m0/s1. The van der Waals surface area contributed by atoms with Gasteiger partial charge in [0.15, 0.2) is 0 Å². The Hall–Kier alpha value is -0.860. The van der Waals surface area contributed by atoms with Crippen LogP contribution >= 0.6 is 0 Å². The third-order valence-corrected chi connectivity index (χ3v) is 2.51. The molecule has 0 saturated heterocycles. The number of rotatable bonds is 1. The van der Waals surface area contributed by atoms with E-state index in [-0.39, 0.29) is 16.9 Å². The molecule has 2 aliphatic carbocycles. The van der Waals surface area contributed by atoms with Crippen LogP contribution in [0.15, 0.2) is 12.2 Å². The number of hydrogen-bond acceptors (Lipinski definition) is 2. The van der Waals surface area contributed by atoms with Gasteiger partial charge in [0, 0.05) is 17.3 Å². The highest BCUT2D eigenvalue weighted by Crippen LogP contribution is 2.40. The molecule has 10 heavy (non-hydrogen) atoms. The van der Waals surface area contributed by atoms with Crippen LogP contribution in [-0.4, -0.2) is 11.0 Å². The third kappa shape index (κ3) is 0.664. The smallest absolute Gasteiger partial charge is 0.219 e. The van der Waals surface area contributed by atoms with Gasteiger partial charge in [-0.15, -0.1) is 0 Å². The maximum absolute atomic E-state index is 10.4. The Balaban J connectivity index is 2.16. The Bertz CT molecular complexity index is 200. The van der Waals surface area contributed by atoms with Gasteiger partial charge in [-0.05, 0) is 12.3 Å². The molecule has 2 bridgehead atoms. The van der Waals surface area contributed by atoms with E-state index in [0.717, 1.165) is 12.8 Å². The van der Waals surface area contributed by atoms with Crippen molar-refractivity contribution in [2.75, 3.05) is 0 Å². The lowest BCUT2D eigenvalue weighted by Crippen LogP contribution is -2.23. The minimum Gasteiger partial charge on any atom is -0.264 e. The normalized spacial score (nSPS) is 42.6. The fraction of sp³-hybridized carbons (Fsp3) is 0.714. The minimum atomic E-state index is -0.269. The van der Waals surface area contributed by atoms with Gasteiger partial charge in [-0.3, -0.25) is 10.1 Å². The summed E-state index contributed by atoms with van der Waals surface area (Å²) in [6.07, 6.45) is 5.91. The molecule has 3 atom stereocenters. The van der Waals surface area contributed by atoms with Gasteiger partial charge in [-0.1, -0.05) is 12.2 Å². The van der Waals surface area contributed by atoms with Gasteiger partial charge in [0.2, 0.25) is 6.04 Å². The second-order valence-electron chi connectivity index (χ2n) is 3.13. The van der Waals surface area contributed by atoms with Crippen LogP contribution in [0.1, 0.15) is 12.8 Å². The molecule has 1 saturated carbocycles. The van der Waals surface area contributed by atoms with Crippen LogP contribution in [0.2, 0.25) is 0 Å². The van der Waals surface area contributed by atoms with Crippen molar-refractivity contribution in [1.82, 2.24) is 0 Å². The molecule has 0 heterocycles. The monoisotopic (exact) mass is 139 g/mol. The van der Waals surface area contributed by atoms with Crippen molar-refractivity contribution in [3.63, 3.8) is 0 Å². The molecule has 0 radical (unpaired) electrons. The maximum atomic E-state index is 10.4. The molecule has 2 rings (SSSR count). The Morgan fingerprint density at radius 1 is 1.40 bits per heavy atom. The predicted octanol–water partition coefficient (Wildman–Crippen LogP) is 1.23. The van der Waals surface area contributed by atoms with Gasteiger partial charge in [0.25, 0.3) is 0 Å². The second-order valence-corrected chi connectivity index (χ2v) is 3.13. The Morgan fingerprint density at radius 2 is 2.20 bits per heavy atom. The van der Waals surface area contributed by atoms with Gasteiger partial charge < -0.3 is 0 Å². The molecule has 0 aromatic carbocycles. The van der Waals surface area contributed by atoms with E-state index in [1.54, 1.807) is 0 Å². The average molecular weight is 139 g/mol. The number of nitro groups is 1. The van der Waals surface area contributed by atoms with Crippen molar-refractivity contribution in [2.45, 2.75) is 18.9 Å². The summed E-state index contributed by atoms with van der Waals surface area (Å²) in [7, 11) is 0. The SMILES string of the molecule is O=[N+]([O-])C1C[C@H]2C=C[C@@H]1C2. The van der Waals surface area contributed by atoms with Gasteiger partial charge in [0.1, 0.15) is 0 Å². The topological polar surface area (TPSA) is 43.1 Å². The molecule has 1 unspecified atom stereocenters. The van der Waals surface area contributed by atoms with Crippen molar-refractivity contribution in [1.29, 1.82) is 0 Å². The third-order valence-electron chi connectivity index (χ3n) is 2.51. The Labute approximate surface area is 58.9 Å². The van der Waals surface area contributed by atoms with Gasteiger partial charge >= 0.3 is 0 Å². The van der Waals surface area contributed by atoms with Crippen molar-refractivity contribution < 1.29 is 4.92 Å². The quantitative estimate of drug-likeness (QED) is 0.311. The lowest BCUT2D eigenvalue weighted by molar-refractivity contribution is -0.527. The molecule has 0 spiro atoms. The molecule has 3 nitrogen and oxygen atoms in total. The van der Waals surface area contributed by atoms with Crippen LogP contribution in [0.25, 0.3) is 0 Å². The van der Waals surface area contributed by atoms with E-state index >= 15 is 0 Å². The van der Waals surface area contributed by atoms with Crippen LogP contribution < -0.4 is 0 Å². The van der Waals surface area contributed by atoms with E-state index in [1.165, 1.54) is 0 Å². The van der Waals surface area contributed by atoms with E-state index in [1.807, 2.05) is 6.08 Å². The molecule has 0 aliphatic heterocycles. The first kappa shape index (κ1) is 5.89. The van der Waals surface area contributed by atoms with Gasteiger partial charge in [-0.25, -0.2) is 0 Å². The van der Waals surface area contributed by atoms with E-state index < -0.39 is 0 Å². The lowest BCUT2D eigenvalue weighted by atomic mass is 10.0. The van der Waals surface area contributed by atoms with E-state index in [0.29, 0.717) is 5.92 Å². The average Bonchev–Trinajstić information content (AvgIpc) is 2.44. The van der Waals surface area contributed by atoms with Crippen LogP contribution in [0, 0.1) is 22.0 Å². The minimum absolute atomic E-state index is 0.131. The molecule has 54 valence electrons. The first-order valence-electron chi connectivity index (χ1n) is 3.59. The van der Waals surface area contributed by atoms with Crippen molar-refractivity contribution >= 4 is 0 Å². The summed E-state index contributed by atoms with van der Waals surface area (Å²) in [6, 6.07) is -0.269. The summed E-state index contributed by atoms with van der Waals surface area (Å²) in [5, 5.41) is 10.4. The molecular weight excluding hydrogens is 130 g/mol. The largest absolute Gasteiger partial charge is 0.264 e. The second kappa shape index (κ2) is 1.81. The first-order chi connectivity index (χ1) is 4.77. The zero-order valence-electron chi connectivity index (χ0n) is 5.56. The van der Waals surface area contributed by atoms with Crippen molar-refractivity contribution in [3.8, 4) is 0 Å². The number of allylic oxidation sites excluding steroid dienone is 1. The molecule has 0 amide bonds. The van der Waals surface area contributed by atoms with Crippen LogP contribution in [0.3, 0.4) is 0 Å². The summed E-state index contributed by atoms with van der Waals surface area (Å²) < 4.78 is 0. The summed E-state index contributed by atoms with van der Waals surface area (Å²) in [4.78, 5) is 10.2. The van der Waals surface area contributed by atoms with E-state index in [9.17, 15) is 10.1 Å². The molecule has 2 aliphatic rings. The zero-order chi connectivity index (χ0) is 7.14. The summed E-state index contributed by atoms with van der Waals surface area (Å²) in [6.45, 7) is 0. The highest BCUT2D eigenvalue weighted by molar-refractivity contribution is 5.10. The summed E-state index contributed by atoms with van der Waals surface area (Å²) >= 11 is 0. The van der Waals surface area contributed by atoms with Crippen LogP contribution in [0.4, 0.5) is 0 Å². The Morgan fingerprint density at radius 3 is 2.50 bits per heavy atom. The Kier molecular flexibility index (Phi) is 1.07. The molecule has 0 aromatic rings. The predicted molar refractivity (Wildman–Crippen MR) is 36.1 cm³/mol. The van der Waals surface area contributed by atoms with Crippen LogP contribution in [0.5, 0.6) is 0 Å². The highest BCUT2D eigenvalue weighted by atomic mass is 16.6. The number of nitrogens with zero attached hydrogens (tertiary/aromatic N) is 1. The van der Waals surface area contributed by atoms with E-state index in [2.05, 4.69) is 6.08 Å². The zero-order valence-corrected chi connectivity index (χ0v) is 5.56. The molecule has 0 N–H and O–H groups in total. The molecule has 0 aromatic heterocycles. The van der Waals surface area contributed by atoms with Gasteiger partial charge in [-0.2, -0.15) is 0 Å². The summed E-state index contributed by atoms with van der Waals surface area (Å²) in [5.74, 6) is 0.764. The van der Waals surface area contributed by atoms with Crippen molar-refractivity contribution in [2.24, 2.45) is 11.8 Å².